The quantitative estimate of drug-likeness (QED) is 0.788. The van der Waals surface area contributed by atoms with Crippen molar-refractivity contribution in [3.05, 3.63) is 29.8 Å². The van der Waals surface area contributed by atoms with Crippen LogP contribution in [0.3, 0.4) is 0 Å². The number of carbonyl (C=O) groups is 1. The second-order valence-electron chi connectivity index (χ2n) is 4.15. The number of methoxy groups -OCH3 is 2. The van der Waals surface area contributed by atoms with Gasteiger partial charge < -0.3 is 9.47 Å². The summed E-state index contributed by atoms with van der Waals surface area (Å²) in [7, 11) is 3.05. The van der Waals surface area contributed by atoms with Gasteiger partial charge in [-0.05, 0) is 31.0 Å². The van der Waals surface area contributed by atoms with Crippen LogP contribution in [0.4, 0.5) is 0 Å². The minimum Gasteiger partial charge on any atom is -0.497 e. The van der Waals surface area contributed by atoms with E-state index in [1.165, 1.54) is 7.11 Å². The minimum absolute atomic E-state index is 0.0594. The highest BCUT2D eigenvalue weighted by molar-refractivity contribution is 5.75. The number of ether oxygens (including phenoxy) is 2. The molecule has 0 saturated heterocycles. The van der Waals surface area contributed by atoms with Crippen molar-refractivity contribution < 1.29 is 14.3 Å². The van der Waals surface area contributed by atoms with Gasteiger partial charge >= 0.3 is 5.97 Å². The highest BCUT2D eigenvalue weighted by Crippen LogP contribution is 2.19. The van der Waals surface area contributed by atoms with Crippen molar-refractivity contribution in [3.8, 4) is 5.75 Å². The molecule has 0 heterocycles. The molecule has 0 aliphatic carbocycles. The van der Waals surface area contributed by atoms with Gasteiger partial charge in [0.1, 0.15) is 11.8 Å². The molecule has 4 nitrogen and oxygen atoms in total. The molecule has 0 bridgehead atoms. The highest BCUT2D eigenvalue weighted by Gasteiger charge is 2.19. The third kappa shape index (κ3) is 3.74. The smallest absolute Gasteiger partial charge is 0.322 e. The van der Waals surface area contributed by atoms with Gasteiger partial charge in [0.15, 0.2) is 0 Å². The predicted octanol–water partition coefficient (Wildman–Crippen LogP) is 2.30. The van der Waals surface area contributed by atoms with E-state index in [1.807, 2.05) is 38.1 Å². The number of carbonyl (C=O) groups excluding carboxylic acids is 1. The van der Waals surface area contributed by atoms with Gasteiger partial charge in [-0.3, -0.25) is 10.1 Å². The number of benzene rings is 1. The molecule has 1 rings (SSSR count). The van der Waals surface area contributed by atoms with Gasteiger partial charge in [-0.25, -0.2) is 0 Å². The van der Waals surface area contributed by atoms with Gasteiger partial charge in [-0.2, -0.15) is 0 Å². The van der Waals surface area contributed by atoms with Gasteiger partial charge in [0.05, 0.1) is 14.2 Å². The van der Waals surface area contributed by atoms with Crippen LogP contribution in [0.25, 0.3) is 0 Å². The van der Waals surface area contributed by atoms with Crippen LogP contribution in [0.2, 0.25) is 0 Å². The van der Waals surface area contributed by atoms with Crippen LogP contribution >= 0.6 is 0 Å². The van der Waals surface area contributed by atoms with Crippen LogP contribution in [-0.2, 0) is 9.53 Å². The number of rotatable bonds is 6. The maximum atomic E-state index is 11.5. The van der Waals surface area contributed by atoms with Gasteiger partial charge in [0.2, 0.25) is 0 Å². The molecule has 0 amide bonds. The first-order valence-corrected chi connectivity index (χ1v) is 6.10. The molecule has 4 heteroatoms. The Hall–Kier alpha value is -1.55. The average molecular weight is 251 g/mol. The zero-order chi connectivity index (χ0) is 13.5. The van der Waals surface area contributed by atoms with Crippen molar-refractivity contribution in [1.82, 2.24) is 5.32 Å². The Labute approximate surface area is 108 Å². The van der Waals surface area contributed by atoms with Gasteiger partial charge in [0, 0.05) is 6.04 Å². The monoisotopic (exact) mass is 251 g/mol. The normalized spacial score (nSPS) is 13.8. The highest BCUT2D eigenvalue weighted by atomic mass is 16.5. The topological polar surface area (TPSA) is 47.6 Å². The molecule has 0 saturated carbocycles. The van der Waals surface area contributed by atoms with E-state index < -0.39 is 0 Å². The number of nitrogens with one attached hydrogen (secondary N) is 1. The lowest BCUT2D eigenvalue weighted by Gasteiger charge is -2.21. The van der Waals surface area contributed by atoms with Gasteiger partial charge in [-0.15, -0.1) is 0 Å². The zero-order valence-corrected chi connectivity index (χ0v) is 11.4. The molecule has 2 unspecified atom stereocenters. The standard InChI is InChI=1S/C14H21NO3/c1-5-13(14(16)18-4)15-10(2)11-7-6-8-12(9-11)17-3/h6-10,13,15H,5H2,1-4H3. The minimum atomic E-state index is -0.281. The van der Waals surface area contributed by atoms with Crippen LogP contribution in [0.1, 0.15) is 31.9 Å². The maximum absolute atomic E-state index is 11.5. The molecule has 0 radical (unpaired) electrons. The summed E-state index contributed by atoms with van der Waals surface area (Å²) in [6.45, 7) is 3.97. The Morgan fingerprint density at radius 2 is 2.11 bits per heavy atom. The zero-order valence-electron chi connectivity index (χ0n) is 11.4. The maximum Gasteiger partial charge on any atom is 0.322 e. The Morgan fingerprint density at radius 1 is 1.39 bits per heavy atom. The lowest BCUT2D eigenvalue weighted by molar-refractivity contribution is -0.143. The first-order valence-electron chi connectivity index (χ1n) is 6.10. The first kappa shape index (κ1) is 14.5. The molecular weight excluding hydrogens is 230 g/mol. The Bertz CT molecular complexity index is 392. The summed E-state index contributed by atoms with van der Waals surface area (Å²) in [4.78, 5) is 11.5. The molecule has 1 aromatic carbocycles. The lowest BCUT2D eigenvalue weighted by Crippen LogP contribution is -2.38. The summed E-state index contributed by atoms with van der Waals surface area (Å²) < 4.78 is 9.94. The van der Waals surface area contributed by atoms with E-state index in [0.29, 0.717) is 6.42 Å². The van der Waals surface area contributed by atoms with Gasteiger partial charge in [0.25, 0.3) is 0 Å². The summed E-state index contributed by atoms with van der Waals surface area (Å²) >= 11 is 0. The average Bonchev–Trinajstić information content (AvgIpc) is 2.43. The number of hydrogen-bond donors (Lipinski definition) is 1. The predicted molar refractivity (Wildman–Crippen MR) is 70.6 cm³/mol. The fourth-order valence-electron chi connectivity index (χ4n) is 1.80. The van der Waals surface area contributed by atoms with Crippen LogP contribution in [0, 0.1) is 0 Å². The molecule has 0 aliphatic rings. The van der Waals surface area contributed by atoms with Gasteiger partial charge in [-0.1, -0.05) is 19.1 Å². The third-order valence-corrected chi connectivity index (χ3v) is 2.94. The van der Waals surface area contributed by atoms with Crippen LogP contribution in [0.15, 0.2) is 24.3 Å². The van der Waals surface area contributed by atoms with Crippen molar-refractivity contribution in [3.63, 3.8) is 0 Å². The summed E-state index contributed by atoms with van der Waals surface area (Å²) in [5, 5.41) is 3.25. The molecule has 1 aromatic rings. The molecule has 0 spiro atoms. The Kier molecular flexibility index (Phi) is 5.65. The number of hydrogen-bond acceptors (Lipinski definition) is 4. The third-order valence-electron chi connectivity index (χ3n) is 2.94. The van der Waals surface area contributed by atoms with Crippen molar-refractivity contribution in [2.75, 3.05) is 14.2 Å². The first-order chi connectivity index (χ1) is 8.62. The van der Waals surface area contributed by atoms with Crippen molar-refractivity contribution in [2.45, 2.75) is 32.4 Å². The summed E-state index contributed by atoms with van der Waals surface area (Å²) in [5.41, 5.74) is 1.08. The lowest BCUT2D eigenvalue weighted by atomic mass is 10.1. The molecule has 0 aromatic heterocycles. The Balaban J connectivity index is 2.73. The molecule has 0 aliphatic heterocycles. The van der Waals surface area contributed by atoms with E-state index >= 15 is 0 Å². The van der Waals surface area contributed by atoms with Crippen molar-refractivity contribution in [2.24, 2.45) is 0 Å². The second-order valence-corrected chi connectivity index (χ2v) is 4.15. The Morgan fingerprint density at radius 3 is 2.67 bits per heavy atom. The van der Waals surface area contributed by atoms with E-state index in [-0.39, 0.29) is 18.1 Å². The van der Waals surface area contributed by atoms with E-state index in [9.17, 15) is 4.79 Å². The fourth-order valence-corrected chi connectivity index (χ4v) is 1.80. The van der Waals surface area contributed by atoms with E-state index in [0.717, 1.165) is 11.3 Å². The van der Waals surface area contributed by atoms with E-state index in [1.54, 1.807) is 7.11 Å². The molecule has 100 valence electrons. The molecule has 2 atom stereocenters. The van der Waals surface area contributed by atoms with Crippen LogP contribution in [0.5, 0.6) is 5.75 Å². The number of esters is 1. The van der Waals surface area contributed by atoms with Crippen molar-refractivity contribution >= 4 is 5.97 Å². The fraction of sp³-hybridized carbons (Fsp3) is 0.500. The van der Waals surface area contributed by atoms with E-state index in [4.69, 9.17) is 9.47 Å². The summed E-state index contributed by atoms with van der Waals surface area (Å²) in [6.07, 6.45) is 0.695. The van der Waals surface area contributed by atoms with Crippen molar-refractivity contribution in [1.29, 1.82) is 0 Å². The second kappa shape index (κ2) is 7.01. The molecular formula is C14H21NO3. The summed E-state index contributed by atoms with van der Waals surface area (Å²) in [5.74, 6) is 0.583. The molecule has 18 heavy (non-hydrogen) atoms. The van der Waals surface area contributed by atoms with E-state index in [2.05, 4.69) is 5.32 Å². The van der Waals surface area contributed by atoms with Crippen LogP contribution in [-0.4, -0.2) is 26.2 Å². The van der Waals surface area contributed by atoms with Crippen LogP contribution < -0.4 is 10.1 Å². The molecule has 0 fully saturated rings. The SMILES string of the molecule is CCC(NC(C)c1cccc(OC)c1)C(=O)OC. The summed E-state index contributed by atoms with van der Waals surface area (Å²) in [6, 6.07) is 7.57. The molecule has 1 N–H and O–H groups in total. The largest absolute Gasteiger partial charge is 0.497 e.